The molecule has 0 aliphatic carbocycles. The normalized spacial score (nSPS) is 16.1. The van der Waals surface area contributed by atoms with Crippen LogP contribution in [0.5, 0.6) is 5.75 Å². The van der Waals surface area contributed by atoms with Gasteiger partial charge < -0.3 is 14.8 Å². The average Bonchev–Trinajstić information content (AvgIpc) is 3.14. The van der Waals surface area contributed by atoms with Gasteiger partial charge in [-0.1, -0.05) is 24.3 Å². The van der Waals surface area contributed by atoms with E-state index >= 15 is 0 Å². The Labute approximate surface area is 171 Å². The second kappa shape index (κ2) is 9.29. The molecule has 1 aliphatic heterocycles. The number of hydrogen-bond donors (Lipinski definition) is 2. The molecule has 1 fully saturated rings. The highest BCUT2D eigenvalue weighted by molar-refractivity contribution is 14.1. The summed E-state index contributed by atoms with van der Waals surface area (Å²) in [7, 11) is 0. The van der Waals surface area contributed by atoms with E-state index in [4.69, 9.17) is 21.7 Å². The number of halogens is 1. The van der Waals surface area contributed by atoms with E-state index in [9.17, 15) is 4.79 Å². The number of benzene rings is 2. The fourth-order valence-corrected chi connectivity index (χ4v) is 3.46. The van der Waals surface area contributed by atoms with Crippen LogP contribution in [0, 0.1) is 3.57 Å². The van der Waals surface area contributed by atoms with Gasteiger partial charge in [0.2, 0.25) is 0 Å². The van der Waals surface area contributed by atoms with Crippen LogP contribution in [0.15, 0.2) is 48.5 Å². The number of thiocarbonyl (C=S) groups is 1. The lowest BCUT2D eigenvalue weighted by Crippen LogP contribution is -2.34. The minimum absolute atomic E-state index is 0.134. The molecule has 7 heteroatoms. The Hall–Kier alpha value is -1.71. The van der Waals surface area contributed by atoms with Crippen LogP contribution in [0.1, 0.15) is 23.2 Å². The maximum atomic E-state index is 12.4. The topological polar surface area (TPSA) is 59.6 Å². The third kappa shape index (κ3) is 5.15. The third-order valence-corrected chi connectivity index (χ3v) is 5.07. The molecular weight excluding hydrogens is 463 g/mol. The summed E-state index contributed by atoms with van der Waals surface area (Å²) in [4.78, 5) is 12.4. The number of carbonyl (C=O) groups is 1. The van der Waals surface area contributed by atoms with E-state index in [2.05, 4.69) is 33.2 Å². The zero-order valence-electron chi connectivity index (χ0n) is 14.0. The second-order valence-electron chi connectivity index (χ2n) is 5.83. The van der Waals surface area contributed by atoms with Crippen LogP contribution in [0.3, 0.4) is 0 Å². The predicted octanol–water partition coefficient (Wildman–Crippen LogP) is 3.98. The number of nitrogens with one attached hydrogen (secondary N) is 2. The molecule has 1 heterocycles. The molecule has 0 radical (unpaired) electrons. The van der Waals surface area contributed by atoms with Gasteiger partial charge >= 0.3 is 0 Å². The van der Waals surface area contributed by atoms with Crippen molar-refractivity contribution in [2.24, 2.45) is 0 Å². The van der Waals surface area contributed by atoms with Gasteiger partial charge in [-0.15, -0.1) is 0 Å². The molecule has 1 saturated heterocycles. The summed E-state index contributed by atoms with van der Waals surface area (Å²) in [6, 6.07) is 14.8. The highest BCUT2D eigenvalue weighted by atomic mass is 127. The summed E-state index contributed by atoms with van der Waals surface area (Å²) < 4.78 is 12.3. The lowest BCUT2D eigenvalue weighted by atomic mass is 10.2. The number of ether oxygens (including phenoxy) is 2. The van der Waals surface area contributed by atoms with E-state index in [1.54, 1.807) is 6.07 Å². The zero-order chi connectivity index (χ0) is 18.4. The first-order valence-electron chi connectivity index (χ1n) is 8.34. The van der Waals surface area contributed by atoms with E-state index in [1.165, 1.54) is 0 Å². The number of anilines is 1. The Morgan fingerprint density at radius 3 is 2.77 bits per heavy atom. The van der Waals surface area contributed by atoms with Crippen molar-refractivity contribution >= 4 is 51.5 Å². The lowest BCUT2D eigenvalue weighted by molar-refractivity contribution is 0.0682. The van der Waals surface area contributed by atoms with Gasteiger partial charge in [0.05, 0.1) is 17.4 Å². The van der Waals surface area contributed by atoms with Crippen LogP contribution in [0.2, 0.25) is 0 Å². The molecule has 0 spiro atoms. The molecule has 1 aliphatic rings. The van der Waals surface area contributed by atoms with E-state index in [0.717, 1.165) is 23.0 Å². The van der Waals surface area contributed by atoms with Gasteiger partial charge in [-0.05, 0) is 71.9 Å². The molecule has 2 aromatic rings. The van der Waals surface area contributed by atoms with Crippen LogP contribution >= 0.6 is 34.8 Å². The van der Waals surface area contributed by atoms with Gasteiger partial charge in [-0.25, -0.2) is 0 Å². The molecule has 0 bridgehead atoms. The number of para-hydroxylation sites is 2. The quantitative estimate of drug-likeness (QED) is 0.499. The molecule has 0 aromatic heterocycles. The van der Waals surface area contributed by atoms with Crippen LogP contribution < -0.4 is 15.4 Å². The van der Waals surface area contributed by atoms with Gasteiger partial charge in [-0.3, -0.25) is 10.1 Å². The van der Waals surface area contributed by atoms with Gasteiger partial charge in [0.25, 0.3) is 5.91 Å². The summed E-state index contributed by atoms with van der Waals surface area (Å²) in [5, 5.41) is 5.97. The minimum Gasteiger partial charge on any atom is -0.489 e. The van der Waals surface area contributed by atoms with E-state index in [1.807, 2.05) is 42.5 Å². The van der Waals surface area contributed by atoms with E-state index < -0.39 is 0 Å². The van der Waals surface area contributed by atoms with Crippen molar-refractivity contribution in [3.63, 3.8) is 0 Å². The van der Waals surface area contributed by atoms with Crippen molar-refractivity contribution in [1.29, 1.82) is 0 Å². The van der Waals surface area contributed by atoms with Crippen molar-refractivity contribution < 1.29 is 14.3 Å². The molecule has 2 N–H and O–H groups in total. The Morgan fingerprint density at radius 2 is 2.00 bits per heavy atom. The predicted molar refractivity (Wildman–Crippen MR) is 114 cm³/mol. The summed E-state index contributed by atoms with van der Waals surface area (Å²) >= 11 is 7.41. The highest BCUT2D eigenvalue weighted by Gasteiger charge is 2.17. The molecule has 3 rings (SSSR count). The van der Waals surface area contributed by atoms with Crippen molar-refractivity contribution in [1.82, 2.24) is 5.32 Å². The Morgan fingerprint density at radius 1 is 1.23 bits per heavy atom. The smallest absolute Gasteiger partial charge is 0.258 e. The number of rotatable bonds is 5. The monoisotopic (exact) mass is 482 g/mol. The highest BCUT2D eigenvalue weighted by Crippen LogP contribution is 2.25. The number of hydrogen-bond acceptors (Lipinski definition) is 4. The molecule has 26 heavy (non-hydrogen) atoms. The minimum atomic E-state index is -0.245. The molecule has 5 nitrogen and oxygen atoms in total. The molecule has 1 unspecified atom stereocenters. The first-order valence-corrected chi connectivity index (χ1v) is 9.82. The second-order valence-corrected chi connectivity index (χ2v) is 7.40. The molecule has 136 valence electrons. The van der Waals surface area contributed by atoms with Crippen molar-refractivity contribution in [3.05, 3.63) is 57.7 Å². The van der Waals surface area contributed by atoms with Gasteiger partial charge in [0.1, 0.15) is 12.4 Å². The van der Waals surface area contributed by atoms with E-state index in [0.29, 0.717) is 23.6 Å². The van der Waals surface area contributed by atoms with Gasteiger partial charge in [0, 0.05) is 10.2 Å². The molecular formula is C19H19IN2O3S. The number of amides is 1. The fraction of sp³-hybridized carbons (Fsp3) is 0.263. The molecule has 1 amide bonds. The Balaban J connectivity index is 1.60. The SMILES string of the molecule is O=C(NC(=S)Nc1ccccc1OCC1CCCO1)c1ccccc1I. The Bertz CT molecular complexity index is 794. The van der Waals surface area contributed by atoms with Crippen molar-refractivity contribution in [2.75, 3.05) is 18.5 Å². The van der Waals surface area contributed by atoms with Crippen molar-refractivity contribution in [3.8, 4) is 5.75 Å². The first-order chi connectivity index (χ1) is 12.6. The summed E-state index contributed by atoms with van der Waals surface area (Å²) in [5.74, 6) is 0.430. The van der Waals surface area contributed by atoms with E-state index in [-0.39, 0.29) is 17.1 Å². The zero-order valence-corrected chi connectivity index (χ0v) is 17.0. The molecule has 2 aromatic carbocycles. The van der Waals surface area contributed by atoms with Crippen LogP contribution in [0.25, 0.3) is 0 Å². The molecule has 0 saturated carbocycles. The summed E-state index contributed by atoms with van der Waals surface area (Å²) in [6.45, 7) is 1.29. The number of carbonyl (C=O) groups excluding carboxylic acids is 1. The lowest BCUT2D eigenvalue weighted by Gasteiger charge is -2.16. The van der Waals surface area contributed by atoms with Gasteiger partial charge in [0.15, 0.2) is 5.11 Å². The largest absolute Gasteiger partial charge is 0.489 e. The summed E-state index contributed by atoms with van der Waals surface area (Å²) in [5.41, 5.74) is 1.29. The van der Waals surface area contributed by atoms with Crippen molar-refractivity contribution in [2.45, 2.75) is 18.9 Å². The summed E-state index contributed by atoms with van der Waals surface area (Å²) in [6.07, 6.45) is 2.22. The molecule has 1 atom stereocenters. The average molecular weight is 482 g/mol. The van der Waals surface area contributed by atoms with Crippen LogP contribution in [0.4, 0.5) is 5.69 Å². The standard InChI is InChI=1S/C19H19IN2O3S/c20-15-8-2-1-7-14(15)18(23)22-19(26)21-16-9-3-4-10-17(16)25-12-13-6-5-11-24-13/h1-4,7-10,13H,5-6,11-12H2,(H2,21,22,23,26). The van der Waals surface area contributed by atoms with Crippen LogP contribution in [-0.2, 0) is 4.74 Å². The van der Waals surface area contributed by atoms with Gasteiger partial charge in [-0.2, -0.15) is 0 Å². The van der Waals surface area contributed by atoms with Crippen LogP contribution in [-0.4, -0.2) is 30.3 Å². The first kappa shape index (κ1) is 19.1. The maximum absolute atomic E-state index is 12.4. The Kier molecular flexibility index (Phi) is 6.81. The fourth-order valence-electron chi connectivity index (χ4n) is 2.62. The maximum Gasteiger partial charge on any atom is 0.258 e. The third-order valence-electron chi connectivity index (χ3n) is 3.93.